The molecule has 2 aliphatic rings. The summed E-state index contributed by atoms with van der Waals surface area (Å²) in [5.41, 5.74) is 0. The average Bonchev–Trinajstić information content (AvgIpc) is 2.54. The van der Waals surface area contributed by atoms with Gasteiger partial charge in [-0.1, -0.05) is 13.3 Å². The highest BCUT2D eigenvalue weighted by atomic mass is 16.2. The van der Waals surface area contributed by atoms with Gasteiger partial charge in [-0.05, 0) is 19.4 Å². The first kappa shape index (κ1) is 9.77. The second-order valence-corrected chi connectivity index (χ2v) is 4.27. The molecule has 2 aliphatic heterocycles. The third-order valence-electron chi connectivity index (χ3n) is 3.16. The van der Waals surface area contributed by atoms with Crippen molar-refractivity contribution >= 4 is 6.03 Å². The Hall–Kier alpha value is -0.770. The molecule has 4 nitrogen and oxygen atoms in total. The number of amides is 2. The molecule has 0 aromatic carbocycles. The van der Waals surface area contributed by atoms with Gasteiger partial charge in [-0.3, -0.25) is 0 Å². The Morgan fingerprint density at radius 2 is 2.21 bits per heavy atom. The Labute approximate surface area is 85.0 Å². The average molecular weight is 197 g/mol. The van der Waals surface area contributed by atoms with Crippen molar-refractivity contribution in [2.24, 2.45) is 0 Å². The Bertz CT molecular complexity index is 219. The maximum Gasteiger partial charge on any atom is 0.315 e. The first-order valence-corrected chi connectivity index (χ1v) is 5.59. The summed E-state index contributed by atoms with van der Waals surface area (Å²) in [5, 5.41) is 5.93. The number of carbonyl (C=O) groups excluding carboxylic acids is 1. The lowest BCUT2D eigenvalue weighted by Crippen LogP contribution is -2.50. The molecule has 2 N–H and O–H groups in total. The predicted molar refractivity (Wildman–Crippen MR) is 55.2 cm³/mol. The fourth-order valence-corrected chi connectivity index (χ4v) is 2.30. The van der Waals surface area contributed by atoms with E-state index >= 15 is 0 Å². The molecule has 0 aromatic heterocycles. The number of hydrogen-bond acceptors (Lipinski definition) is 2. The molecule has 4 heteroatoms. The van der Waals surface area contributed by atoms with Crippen molar-refractivity contribution in [3.8, 4) is 0 Å². The summed E-state index contributed by atoms with van der Waals surface area (Å²) < 4.78 is 0. The van der Waals surface area contributed by atoms with Gasteiger partial charge in [-0.15, -0.1) is 0 Å². The number of nitrogens with one attached hydrogen (secondary N) is 2. The van der Waals surface area contributed by atoms with Crippen LogP contribution in [0.3, 0.4) is 0 Å². The Kier molecular flexibility index (Phi) is 2.91. The molecule has 0 aromatic rings. The van der Waals surface area contributed by atoms with Gasteiger partial charge in [0, 0.05) is 13.1 Å². The molecule has 0 saturated carbocycles. The zero-order valence-corrected chi connectivity index (χ0v) is 8.75. The summed E-state index contributed by atoms with van der Waals surface area (Å²) in [6.07, 6.45) is 3.60. The van der Waals surface area contributed by atoms with Crippen molar-refractivity contribution in [2.45, 2.75) is 38.3 Å². The lowest BCUT2D eigenvalue weighted by atomic mass is 10.0. The third kappa shape index (κ3) is 2.00. The molecule has 2 atom stereocenters. The molecule has 2 rings (SSSR count). The predicted octanol–water partition coefficient (Wildman–Crippen LogP) is 0.542. The highest BCUT2D eigenvalue weighted by molar-refractivity contribution is 5.77. The van der Waals surface area contributed by atoms with Crippen molar-refractivity contribution in [3.63, 3.8) is 0 Å². The number of unbranched alkanes of at least 4 members (excludes halogenated alkanes) is 1. The van der Waals surface area contributed by atoms with Crippen LogP contribution >= 0.6 is 0 Å². The third-order valence-corrected chi connectivity index (χ3v) is 3.16. The van der Waals surface area contributed by atoms with Crippen molar-refractivity contribution in [1.29, 1.82) is 0 Å². The Balaban J connectivity index is 1.82. The molecule has 2 saturated heterocycles. The van der Waals surface area contributed by atoms with Crippen molar-refractivity contribution in [2.75, 3.05) is 19.6 Å². The van der Waals surface area contributed by atoms with Crippen LogP contribution in [0.2, 0.25) is 0 Å². The van der Waals surface area contributed by atoms with E-state index < -0.39 is 0 Å². The summed E-state index contributed by atoms with van der Waals surface area (Å²) in [6.45, 7) is 5.54. The maximum absolute atomic E-state index is 11.1. The molecule has 0 aliphatic carbocycles. The fourth-order valence-electron chi connectivity index (χ4n) is 2.30. The number of likely N-dealkylation sites (tertiary alicyclic amines) is 1. The highest BCUT2D eigenvalue weighted by Gasteiger charge is 2.35. The molecule has 2 amide bonds. The normalized spacial score (nSPS) is 32.2. The summed E-state index contributed by atoms with van der Waals surface area (Å²) in [4.78, 5) is 13.5. The van der Waals surface area contributed by atoms with E-state index in [1.807, 2.05) is 0 Å². The van der Waals surface area contributed by atoms with Gasteiger partial charge in [-0.2, -0.15) is 0 Å². The quantitative estimate of drug-likeness (QED) is 0.693. The largest absolute Gasteiger partial charge is 0.333 e. The van der Waals surface area contributed by atoms with Gasteiger partial charge in [-0.25, -0.2) is 4.79 Å². The van der Waals surface area contributed by atoms with Crippen LogP contribution in [0.1, 0.15) is 26.2 Å². The van der Waals surface area contributed by atoms with Gasteiger partial charge in [0.15, 0.2) is 0 Å². The number of carbonyl (C=O) groups is 1. The molecular formula is C10H19N3O. The second kappa shape index (κ2) is 4.17. The van der Waals surface area contributed by atoms with Crippen molar-refractivity contribution < 1.29 is 4.79 Å². The van der Waals surface area contributed by atoms with Crippen LogP contribution in [0.4, 0.5) is 4.79 Å². The first-order valence-electron chi connectivity index (χ1n) is 5.59. The van der Waals surface area contributed by atoms with Crippen molar-refractivity contribution in [3.05, 3.63) is 0 Å². The monoisotopic (exact) mass is 197 g/mol. The minimum Gasteiger partial charge on any atom is -0.333 e. The number of urea groups is 1. The van der Waals surface area contributed by atoms with Crippen LogP contribution in [-0.2, 0) is 0 Å². The highest BCUT2D eigenvalue weighted by Crippen LogP contribution is 2.15. The standard InChI is InChI=1S/C10H19N3O/c1-2-3-5-13-6-4-8-9(7-13)12-10(14)11-8/h8-9H,2-7H2,1H3,(H2,11,12,14). The minimum absolute atomic E-state index is 0.0114. The number of nitrogens with zero attached hydrogens (tertiary/aromatic N) is 1. The van der Waals surface area contributed by atoms with Crippen LogP contribution in [0.15, 0.2) is 0 Å². The van der Waals surface area contributed by atoms with Crippen LogP contribution < -0.4 is 10.6 Å². The molecule has 0 radical (unpaired) electrons. The first-order chi connectivity index (χ1) is 6.79. The van der Waals surface area contributed by atoms with Gasteiger partial charge >= 0.3 is 6.03 Å². The zero-order valence-electron chi connectivity index (χ0n) is 8.75. The van der Waals surface area contributed by atoms with Crippen LogP contribution in [0, 0.1) is 0 Å². The molecule has 2 heterocycles. The molecule has 2 fully saturated rings. The lowest BCUT2D eigenvalue weighted by Gasteiger charge is -2.33. The molecule has 0 spiro atoms. The van der Waals surface area contributed by atoms with Crippen LogP contribution in [0.25, 0.3) is 0 Å². The molecule has 14 heavy (non-hydrogen) atoms. The minimum atomic E-state index is 0.0114. The van der Waals surface area contributed by atoms with E-state index in [0.29, 0.717) is 12.1 Å². The molecular weight excluding hydrogens is 178 g/mol. The van der Waals surface area contributed by atoms with Gasteiger partial charge < -0.3 is 15.5 Å². The van der Waals surface area contributed by atoms with Gasteiger partial charge in [0.1, 0.15) is 0 Å². The van der Waals surface area contributed by atoms with Crippen molar-refractivity contribution in [1.82, 2.24) is 15.5 Å². The number of piperidine rings is 1. The number of rotatable bonds is 3. The van der Waals surface area contributed by atoms with Gasteiger partial charge in [0.25, 0.3) is 0 Å². The summed E-state index contributed by atoms with van der Waals surface area (Å²) >= 11 is 0. The van der Waals surface area contributed by atoms with Crippen LogP contribution in [0.5, 0.6) is 0 Å². The Morgan fingerprint density at radius 3 is 3.00 bits per heavy atom. The van der Waals surface area contributed by atoms with E-state index in [4.69, 9.17) is 0 Å². The fraction of sp³-hybridized carbons (Fsp3) is 0.900. The smallest absolute Gasteiger partial charge is 0.315 e. The summed E-state index contributed by atoms with van der Waals surface area (Å²) in [7, 11) is 0. The SMILES string of the molecule is CCCCN1CCC2NC(=O)NC2C1. The molecule has 0 bridgehead atoms. The summed E-state index contributed by atoms with van der Waals surface area (Å²) in [5.74, 6) is 0. The zero-order chi connectivity index (χ0) is 9.97. The number of hydrogen-bond donors (Lipinski definition) is 2. The van der Waals surface area contributed by atoms with E-state index in [-0.39, 0.29) is 6.03 Å². The second-order valence-electron chi connectivity index (χ2n) is 4.27. The summed E-state index contributed by atoms with van der Waals surface area (Å²) in [6, 6.07) is 0.728. The lowest BCUT2D eigenvalue weighted by molar-refractivity contribution is 0.186. The van der Waals surface area contributed by atoms with E-state index in [2.05, 4.69) is 22.5 Å². The van der Waals surface area contributed by atoms with Gasteiger partial charge in [0.05, 0.1) is 12.1 Å². The molecule has 80 valence electrons. The molecule has 2 unspecified atom stereocenters. The van der Waals surface area contributed by atoms with Gasteiger partial charge in [0.2, 0.25) is 0 Å². The van der Waals surface area contributed by atoms with E-state index in [9.17, 15) is 4.79 Å². The number of fused-ring (bicyclic) bond motifs is 1. The van der Waals surface area contributed by atoms with E-state index in [1.54, 1.807) is 0 Å². The maximum atomic E-state index is 11.1. The Morgan fingerprint density at radius 1 is 1.43 bits per heavy atom. The van der Waals surface area contributed by atoms with Crippen LogP contribution in [-0.4, -0.2) is 42.6 Å². The van der Waals surface area contributed by atoms with E-state index in [1.165, 1.54) is 19.4 Å². The van der Waals surface area contributed by atoms with E-state index in [0.717, 1.165) is 19.5 Å². The topological polar surface area (TPSA) is 44.4 Å².